The lowest BCUT2D eigenvalue weighted by Gasteiger charge is -2.18. The van der Waals surface area contributed by atoms with Crippen LogP contribution in [0.15, 0.2) is 24.3 Å². The molecule has 0 saturated carbocycles. The van der Waals surface area contributed by atoms with Crippen LogP contribution in [-0.2, 0) is 12.8 Å². The number of carboxylic acid groups (broad SMARTS) is 1. The topological polar surface area (TPSA) is 70.9 Å². The summed E-state index contributed by atoms with van der Waals surface area (Å²) in [6.07, 6.45) is 1.56. The van der Waals surface area contributed by atoms with Gasteiger partial charge >= 0.3 is 5.97 Å². The molecule has 0 spiro atoms. The van der Waals surface area contributed by atoms with Crippen molar-refractivity contribution in [2.45, 2.75) is 32.7 Å². The number of aromatic amines is 1. The Hall–Kier alpha value is -2.56. The van der Waals surface area contributed by atoms with E-state index in [4.69, 9.17) is 0 Å². The number of hydrogen-bond acceptors (Lipinski definition) is 2. The number of H-pyrrole nitrogens is 1. The first-order valence-electron chi connectivity index (χ1n) is 7.52. The maximum absolute atomic E-state index is 11.4. The van der Waals surface area contributed by atoms with Gasteiger partial charge in [-0.2, -0.15) is 5.10 Å². The summed E-state index contributed by atoms with van der Waals surface area (Å²) in [6, 6.07) is 8.64. The van der Waals surface area contributed by atoms with Gasteiger partial charge in [0.05, 0.1) is 5.69 Å². The number of fused-ring (bicyclic) bond motifs is 5. The third kappa shape index (κ3) is 1.59. The van der Waals surface area contributed by atoms with E-state index in [2.05, 4.69) is 46.8 Å². The Kier molecular flexibility index (Phi) is 2.66. The quantitative estimate of drug-likeness (QED) is 0.761. The van der Waals surface area contributed by atoms with Gasteiger partial charge in [0.2, 0.25) is 0 Å². The van der Waals surface area contributed by atoms with Gasteiger partial charge in [0.25, 0.3) is 0 Å². The zero-order chi connectivity index (χ0) is 15.4. The number of aromatic nitrogens is 3. The second kappa shape index (κ2) is 4.47. The zero-order valence-electron chi connectivity index (χ0n) is 12.6. The van der Waals surface area contributed by atoms with E-state index in [9.17, 15) is 9.90 Å². The van der Waals surface area contributed by atoms with Crippen molar-refractivity contribution in [2.75, 3.05) is 0 Å². The van der Waals surface area contributed by atoms with Crippen molar-refractivity contribution in [3.05, 3.63) is 41.1 Å². The molecular formula is C17H17N3O2. The zero-order valence-corrected chi connectivity index (χ0v) is 12.6. The minimum Gasteiger partial charge on any atom is -0.477 e. The minimum atomic E-state index is -0.940. The van der Waals surface area contributed by atoms with E-state index in [1.807, 2.05) is 6.07 Å². The summed E-state index contributed by atoms with van der Waals surface area (Å²) in [5.74, 6) is -0.940. The van der Waals surface area contributed by atoms with Crippen molar-refractivity contribution in [1.82, 2.24) is 14.8 Å². The first-order chi connectivity index (χ1) is 10.6. The molecule has 0 radical (unpaired) electrons. The number of rotatable bonds is 2. The molecule has 0 bridgehead atoms. The molecule has 0 atom stereocenters. The fourth-order valence-corrected chi connectivity index (χ4v) is 3.61. The second-order valence-electron chi connectivity index (χ2n) is 6.04. The SMILES string of the molecule is CC(C)n1c2c(c3ccccc31)CCc1c-2n[nH]c1C(=O)O. The number of carbonyl (C=O) groups is 1. The molecule has 22 heavy (non-hydrogen) atoms. The van der Waals surface area contributed by atoms with E-state index < -0.39 is 5.97 Å². The Labute approximate surface area is 127 Å². The second-order valence-corrected chi connectivity index (χ2v) is 6.04. The van der Waals surface area contributed by atoms with Crippen molar-refractivity contribution in [2.24, 2.45) is 0 Å². The van der Waals surface area contributed by atoms with Gasteiger partial charge in [0, 0.05) is 22.5 Å². The third-order valence-corrected chi connectivity index (χ3v) is 4.46. The molecule has 0 saturated heterocycles. The number of aromatic carboxylic acids is 1. The summed E-state index contributed by atoms with van der Waals surface area (Å²) in [7, 11) is 0. The van der Waals surface area contributed by atoms with Crippen LogP contribution in [0.3, 0.4) is 0 Å². The molecule has 0 fully saturated rings. The highest BCUT2D eigenvalue weighted by Gasteiger charge is 2.30. The van der Waals surface area contributed by atoms with E-state index in [0.717, 1.165) is 23.4 Å². The van der Waals surface area contributed by atoms with E-state index in [0.29, 0.717) is 6.42 Å². The molecule has 112 valence electrons. The largest absolute Gasteiger partial charge is 0.477 e. The van der Waals surface area contributed by atoms with Crippen LogP contribution in [-0.4, -0.2) is 25.8 Å². The standard InChI is InChI=1S/C17H17N3O2/c1-9(2)20-13-6-4-3-5-10(13)11-7-8-12-14(16(11)20)18-19-15(12)17(21)22/h3-6,9H,7-8H2,1-2H3,(H,18,19)(H,21,22). The lowest BCUT2D eigenvalue weighted by Crippen LogP contribution is -2.10. The van der Waals surface area contributed by atoms with Crippen LogP contribution < -0.4 is 0 Å². The fourth-order valence-electron chi connectivity index (χ4n) is 3.61. The van der Waals surface area contributed by atoms with Gasteiger partial charge in [-0.15, -0.1) is 0 Å². The highest BCUT2D eigenvalue weighted by atomic mass is 16.4. The van der Waals surface area contributed by atoms with Crippen LogP contribution in [0.25, 0.3) is 22.3 Å². The third-order valence-electron chi connectivity index (χ3n) is 4.46. The van der Waals surface area contributed by atoms with E-state index in [1.54, 1.807) is 0 Å². The van der Waals surface area contributed by atoms with E-state index in [1.165, 1.54) is 16.5 Å². The Morgan fingerprint density at radius 1 is 1.27 bits per heavy atom. The Bertz CT molecular complexity index is 902. The summed E-state index contributed by atoms with van der Waals surface area (Å²) >= 11 is 0. The maximum Gasteiger partial charge on any atom is 0.354 e. The normalized spacial score (nSPS) is 13.4. The summed E-state index contributed by atoms with van der Waals surface area (Å²) in [5.41, 5.74) is 5.38. The van der Waals surface area contributed by atoms with Gasteiger partial charge in [0.15, 0.2) is 0 Å². The number of nitrogens with zero attached hydrogens (tertiary/aromatic N) is 2. The van der Waals surface area contributed by atoms with Crippen LogP contribution >= 0.6 is 0 Å². The monoisotopic (exact) mass is 295 g/mol. The first-order valence-corrected chi connectivity index (χ1v) is 7.52. The molecule has 2 N–H and O–H groups in total. The number of aryl methyl sites for hydroxylation is 1. The lowest BCUT2D eigenvalue weighted by atomic mass is 9.92. The Balaban J connectivity index is 2.10. The van der Waals surface area contributed by atoms with E-state index in [-0.39, 0.29) is 11.7 Å². The van der Waals surface area contributed by atoms with Crippen molar-refractivity contribution in [1.29, 1.82) is 0 Å². The molecule has 2 aromatic heterocycles. The summed E-state index contributed by atoms with van der Waals surface area (Å²) in [5, 5.41) is 17.6. The molecule has 0 aliphatic heterocycles. The molecular weight excluding hydrogens is 278 g/mol. The van der Waals surface area contributed by atoms with Crippen molar-refractivity contribution < 1.29 is 9.90 Å². The van der Waals surface area contributed by atoms with Crippen molar-refractivity contribution in [3.8, 4) is 11.4 Å². The molecule has 0 amide bonds. The van der Waals surface area contributed by atoms with Gasteiger partial charge in [-0.05, 0) is 38.3 Å². The number of hydrogen-bond donors (Lipinski definition) is 2. The maximum atomic E-state index is 11.4. The minimum absolute atomic E-state index is 0.223. The summed E-state index contributed by atoms with van der Waals surface area (Å²) in [4.78, 5) is 11.4. The number of carboxylic acids is 1. The van der Waals surface area contributed by atoms with Crippen molar-refractivity contribution in [3.63, 3.8) is 0 Å². The first kappa shape index (κ1) is 13.1. The average Bonchev–Trinajstić information content (AvgIpc) is 3.05. The summed E-state index contributed by atoms with van der Waals surface area (Å²) < 4.78 is 2.27. The number of para-hydroxylation sites is 1. The lowest BCUT2D eigenvalue weighted by molar-refractivity contribution is 0.0689. The molecule has 5 nitrogen and oxygen atoms in total. The van der Waals surface area contributed by atoms with Gasteiger partial charge in [-0.25, -0.2) is 4.79 Å². The van der Waals surface area contributed by atoms with Crippen LogP contribution in [0.1, 0.15) is 41.5 Å². The number of benzene rings is 1. The van der Waals surface area contributed by atoms with Gasteiger partial charge in [0.1, 0.15) is 11.4 Å². The van der Waals surface area contributed by atoms with Crippen molar-refractivity contribution >= 4 is 16.9 Å². The fraction of sp³-hybridized carbons (Fsp3) is 0.294. The van der Waals surface area contributed by atoms with Crippen LogP contribution in [0.2, 0.25) is 0 Å². The molecule has 5 heteroatoms. The van der Waals surface area contributed by atoms with Crippen LogP contribution in [0, 0.1) is 0 Å². The molecule has 1 aliphatic rings. The summed E-state index contributed by atoms with van der Waals surface area (Å²) in [6.45, 7) is 4.29. The van der Waals surface area contributed by atoms with Crippen LogP contribution in [0.5, 0.6) is 0 Å². The highest BCUT2D eigenvalue weighted by Crippen LogP contribution is 2.41. The molecule has 4 rings (SSSR count). The highest BCUT2D eigenvalue weighted by molar-refractivity contribution is 5.95. The smallest absolute Gasteiger partial charge is 0.354 e. The predicted octanol–water partition coefficient (Wildman–Crippen LogP) is 3.41. The Morgan fingerprint density at radius 2 is 2.00 bits per heavy atom. The van der Waals surface area contributed by atoms with Gasteiger partial charge in [-0.3, -0.25) is 5.10 Å². The molecule has 3 aromatic rings. The van der Waals surface area contributed by atoms with Gasteiger partial charge < -0.3 is 9.67 Å². The van der Waals surface area contributed by atoms with Crippen LogP contribution in [0.4, 0.5) is 0 Å². The molecule has 1 aromatic carbocycles. The molecule has 2 heterocycles. The number of nitrogens with one attached hydrogen (secondary N) is 1. The van der Waals surface area contributed by atoms with Gasteiger partial charge in [-0.1, -0.05) is 18.2 Å². The Morgan fingerprint density at radius 3 is 2.73 bits per heavy atom. The average molecular weight is 295 g/mol. The molecule has 1 aliphatic carbocycles. The predicted molar refractivity (Wildman–Crippen MR) is 84.3 cm³/mol. The molecule has 0 unspecified atom stereocenters. The van der Waals surface area contributed by atoms with E-state index >= 15 is 0 Å².